The minimum atomic E-state index is -1.31. The normalized spacial score (nSPS) is 11.6. The SMILES string of the molecule is Cc1nnc(S/C(=C\c2ccc(Cl)cc2)C(=O)[O-])o1. The fourth-order valence-corrected chi connectivity index (χ4v) is 2.09. The minimum absolute atomic E-state index is 0.0222. The number of hydrogen-bond acceptors (Lipinski definition) is 6. The molecule has 0 fully saturated rings. The van der Waals surface area contributed by atoms with Crippen LogP contribution in [0.2, 0.25) is 5.02 Å². The summed E-state index contributed by atoms with van der Waals surface area (Å²) in [6.07, 6.45) is 1.45. The lowest BCUT2D eigenvalue weighted by Gasteiger charge is -2.05. The summed E-state index contributed by atoms with van der Waals surface area (Å²) in [5, 5.41) is 19.1. The highest BCUT2D eigenvalue weighted by Crippen LogP contribution is 2.27. The Hall–Kier alpha value is -1.79. The molecule has 98 valence electrons. The molecule has 5 nitrogen and oxygen atoms in total. The van der Waals surface area contributed by atoms with Crippen LogP contribution in [0.25, 0.3) is 6.08 Å². The molecule has 0 aliphatic carbocycles. The van der Waals surface area contributed by atoms with Crippen molar-refractivity contribution < 1.29 is 14.3 Å². The number of nitrogens with zero attached hydrogens (tertiary/aromatic N) is 2. The van der Waals surface area contributed by atoms with Crippen LogP contribution in [-0.2, 0) is 4.79 Å². The number of thioether (sulfide) groups is 1. The van der Waals surface area contributed by atoms with E-state index in [1.54, 1.807) is 31.2 Å². The molecule has 2 rings (SSSR count). The Kier molecular flexibility index (Phi) is 4.24. The Morgan fingerprint density at radius 2 is 2.05 bits per heavy atom. The molecule has 0 aliphatic heterocycles. The van der Waals surface area contributed by atoms with Crippen LogP contribution in [0.15, 0.2) is 38.8 Å². The van der Waals surface area contributed by atoms with Gasteiger partial charge in [-0.25, -0.2) is 0 Å². The van der Waals surface area contributed by atoms with Crippen LogP contribution >= 0.6 is 23.4 Å². The molecule has 0 atom stereocenters. The molecule has 2 aromatic rings. The van der Waals surface area contributed by atoms with Crippen molar-refractivity contribution in [3.63, 3.8) is 0 Å². The van der Waals surface area contributed by atoms with Gasteiger partial charge in [-0.2, -0.15) is 0 Å². The zero-order chi connectivity index (χ0) is 13.8. The van der Waals surface area contributed by atoms with Crippen LogP contribution in [0, 0.1) is 6.92 Å². The molecule has 0 saturated carbocycles. The summed E-state index contributed by atoms with van der Waals surface area (Å²) in [4.78, 5) is 11.0. The number of carboxylic acids is 1. The number of carboxylic acid groups (broad SMARTS) is 1. The second-order valence-corrected chi connectivity index (χ2v) is 4.97. The predicted octanol–water partition coefficient (Wildman–Crippen LogP) is 1.91. The van der Waals surface area contributed by atoms with E-state index in [0.717, 1.165) is 11.8 Å². The van der Waals surface area contributed by atoms with Gasteiger partial charge in [-0.05, 0) is 35.5 Å². The Bertz CT molecular complexity index is 622. The second-order valence-electron chi connectivity index (χ2n) is 3.54. The number of halogens is 1. The van der Waals surface area contributed by atoms with Gasteiger partial charge >= 0.3 is 0 Å². The standard InChI is InChI=1S/C12H9ClN2O3S/c1-7-14-15-12(18-7)19-10(11(16)17)6-8-2-4-9(13)5-3-8/h2-6H,1H3,(H,16,17)/p-1/b10-6-. The highest BCUT2D eigenvalue weighted by Gasteiger charge is 2.08. The van der Waals surface area contributed by atoms with Crippen molar-refractivity contribution in [2.45, 2.75) is 12.1 Å². The maximum Gasteiger partial charge on any atom is 0.281 e. The quantitative estimate of drug-likeness (QED) is 0.633. The van der Waals surface area contributed by atoms with E-state index in [2.05, 4.69) is 10.2 Å². The molecular weight excluding hydrogens is 288 g/mol. The molecule has 0 saturated heterocycles. The Labute approximate surface area is 118 Å². The van der Waals surface area contributed by atoms with Crippen LogP contribution < -0.4 is 5.11 Å². The van der Waals surface area contributed by atoms with E-state index in [9.17, 15) is 9.90 Å². The first-order chi connectivity index (χ1) is 9.04. The van der Waals surface area contributed by atoms with E-state index in [0.29, 0.717) is 16.5 Å². The first-order valence-electron chi connectivity index (χ1n) is 5.21. The van der Waals surface area contributed by atoms with Crippen LogP contribution in [0.5, 0.6) is 0 Å². The van der Waals surface area contributed by atoms with Gasteiger partial charge in [0.15, 0.2) is 0 Å². The van der Waals surface area contributed by atoms with E-state index in [1.165, 1.54) is 6.08 Å². The average Bonchev–Trinajstić information content (AvgIpc) is 2.76. The van der Waals surface area contributed by atoms with Gasteiger partial charge in [-0.3, -0.25) is 0 Å². The van der Waals surface area contributed by atoms with Crippen LogP contribution in [0.1, 0.15) is 11.5 Å². The van der Waals surface area contributed by atoms with Crippen molar-refractivity contribution >= 4 is 35.4 Å². The van der Waals surface area contributed by atoms with Crippen molar-refractivity contribution in [3.8, 4) is 0 Å². The number of aryl methyl sites for hydroxylation is 1. The summed E-state index contributed by atoms with van der Waals surface area (Å²) in [5.74, 6) is -0.942. The first-order valence-corrected chi connectivity index (χ1v) is 6.40. The number of rotatable bonds is 4. The fraction of sp³-hybridized carbons (Fsp3) is 0.0833. The van der Waals surface area contributed by atoms with Crippen molar-refractivity contribution in [3.05, 3.63) is 45.6 Å². The average molecular weight is 296 g/mol. The zero-order valence-electron chi connectivity index (χ0n) is 9.79. The van der Waals surface area contributed by atoms with Crippen molar-refractivity contribution in [1.29, 1.82) is 0 Å². The molecule has 1 aromatic heterocycles. The summed E-state index contributed by atoms with van der Waals surface area (Å²) in [5.41, 5.74) is 0.687. The first kappa shape index (κ1) is 13.6. The van der Waals surface area contributed by atoms with E-state index in [4.69, 9.17) is 16.0 Å². The Morgan fingerprint density at radius 3 is 2.58 bits per heavy atom. The largest absolute Gasteiger partial charge is 0.544 e. The molecule has 1 aromatic carbocycles. The Balaban J connectivity index is 2.24. The lowest BCUT2D eigenvalue weighted by molar-refractivity contribution is -0.298. The summed E-state index contributed by atoms with van der Waals surface area (Å²) in [6.45, 7) is 1.62. The van der Waals surface area contributed by atoms with Gasteiger partial charge in [0.05, 0.1) is 5.97 Å². The van der Waals surface area contributed by atoms with Crippen molar-refractivity contribution in [2.75, 3.05) is 0 Å². The third-order valence-electron chi connectivity index (χ3n) is 2.07. The zero-order valence-corrected chi connectivity index (χ0v) is 11.4. The number of carbonyl (C=O) groups is 1. The van der Waals surface area contributed by atoms with E-state index in [1.807, 2.05) is 0 Å². The highest BCUT2D eigenvalue weighted by atomic mass is 35.5. The number of carbonyl (C=O) groups excluding carboxylic acids is 1. The topological polar surface area (TPSA) is 79.0 Å². The number of hydrogen-bond donors (Lipinski definition) is 0. The van der Waals surface area contributed by atoms with Crippen molar-refractivity contribution in [2.24, 2.45) is 0 Å². The molecule has 0 amide bonds. The smallest absolute Gasteiger partial charge is 0.281 e. The Morgan fingerprint density at radius 1 is 1.37 bits per heavy atom. The maximum absolute atomic E-state index is 11.1. The molecule has 0 aliphatic rings. The van der Waals surface area contributed by atoms with Crippen LogP contribution in [0.3, 0.4) is 0 Å². The van der Waals surface area contributed by atoms with Gasteiger partial charge < -0.3 is 14.3 Å². The second kappa shape index (κ2) is 5.90. The van der Waals surface area contributed by atoms with Gasteiger partial charge in [0.25, 0.3) is 5.22 Å². The summed E-state index contributed by atoms with van der Waals surface area (Å²) >= 11 is 6.60. The third-order valence-corrected chi connectivity index (χ3v) is 3.17. The van der Waals surface area contributed by atoms with Crippen LogP contribution in [0.4, 0.5) is 0 Å². The van der Waals surface area contributed by atoms with E-state index >= 15 is 0 Å². The monoisotopic (exact) mass is 295 g/mol. The molecule has 7 heteroatoms. The summed E-state index contributed by atoms with van der Waals surface area (Å²) in [7, 11) is 0. The molecule has 0 N–H and O–H groups in total. The molecule has 0 bridgehead atoms. The van der Waals surface area contributed by atoms with Gasteiger partial charge in [-0.1, -0.05) is 23.7 Å². The number of aromatic nitrogens is 2. The molecule has 19 heavy (non-hydrogen) atoms. The van der Waals surface area contributed by atoms with Gasteiger partial charge in [0.1, 0.15) is 0 Å². The lowest BCUT2D eigenvalue weighted by Crippen LogP contribution is -2.23. The van der Waals surface area contributed by atoms with E-state index in [-0.39, 0.29) is 10.1 Å². The predicted molar refractivity (Wildman–Crippen MR) is 69.3 cm³/mol. The van der Waals surface area contributed by atoms with Gasteiger partial charge in [-0.15, -0.1) is 10.2 Å². The van der Waals surface area contributed by atoms with Gasteiger partial charge in [0.2, 0.25) is 5.89 Å². The highest BCUT2D eigenvalue weighted by molar-refractivity contribution is 8.03. The number of aliphatic carboxylic acids is 1. The lowest BCUT2D eigenvalue weighted by atomic mass is 10.2. The molecule has 0 unspecified atom stereocenters. The summed E-state index contributed by atoms with van der Waals surface area (Å²) in [6, 6.07) is 6.74. The summed E-state index contributed by atoms with van der Waals surface area (Å²) < 4.78 is 5.11. The van der Waals surface area contributed by atoms with E-state index < -0.39 is 5.97 Å². The van der Waals surface area contributed by atoms with Crippen LogP contribution in [-0.4, -0.2) is 16.2 Å². The number of benzene rings is 1. The molecule has 0 spiro atoms. The molecular formula is C12H8ClN2O3S-. The maximum atomic E-state index is 11.1. The molecule has 1 heterocycles. The third kappa shape index (κ3) is 3.84. The minimum Gasteiger partial charge on any atom is -0.544 e. The van der Waals surface area contributed by atoms with Crippen molar-refractivity contribution in [1.82, 2.24) is 10.2 Å². The fourth-order valence-electron chi connectivity index (χ4n) is 1.25. The molecule has 0 radical (unpaired) electrons. The van der Waals surface area contributed by atoms with Gasteiger partial charge in [0, 0.05) is 16.9 Å².